The topological polar surface area (TPSA) is 53.4 Å². The smallest absolute Gasteiger partial charge is 0.274 e. The van der Waals surface area contributed by atoms with Gasteiger partial charge in [-0.15, -0.1) is 0 Å². The van der Waals surface area contributed by atoms with Crippen LogP contribution in [0.4, 0.5) is 0 Å². The van der Waals surface area contributed by atoms with Gasteiger partial charge in [0.15, 0.2) is 0 Å². The van der Waals surface area contributed by atoms with E-state index < -0.39 is 0 Å². The lowest BCUT2D eigenvalue weighted by Gasteiger charge is -2.37. The van der Waals surface area contributed by atoms with Crippen LogP contribution < -0.4 is 0 Å². The van der Waals surface area contributed by atoms with Crippen molar-refractivity contribution in [2.24, 2.45) is 5.92 Å². The van der Waals surface area contributed by atoms with E-state index >= 15 is 0 Å². The molecular weight excluding hydrogens is 287 g/mol. The van der Waals surface area contributed by atoms with Crippen molar-refractivity contribution >= 4 is 29.1 Å². The number of aliphatic hydroxyl groups is 1. The highest BCUT2D eigenvalue weighted by atomic mass is 35.5. The van der Waals surface area contributed by atoms with Crippen LogP contribution in [0, 0.1) is 5.92 Å². The molecule has 0 aromatic carbocycles. The lowest BCUT2D eigenvalue weighted by molar-refractivity contribution is 0.0483. The molecule has 4 nitrogen and oxygen atoms in total. The van der Waals surface area contributed by atoms with E-state index in [4.69, 9.17) is 23.2 Å². The van der Waals surface area contributed by atoms with Crippen LogP contribution >= 0.6 is 23.2 Å². The average molecular weight is 303 g/mol. The highest BCUT2D eigenvalue weighted by molar-refractivity contribution is 6.34. The highest BCUT2D eigenvalue weighted by Gasteiger charge is 2.30. The summed E-state index contributed by atoms with van der Waals surface area (Å²) in [5, 5.41) is 9.79. The van der Waals surface area contributed by atoms with Crippen molar-refractivity contribution in [1.29, 1.82) is 0 Å². The maximum atomic E-state index is 12.5. The molecule has 1 aromatic heterocycles. The van der Waals surface area contributed by atoms with Crippen LogP contribution in [0.15, 0.2) is 12.1 Å². The van der Waals surface area contributed by atoms with Crippen molar-refractivity contribution in [3.8, 4) is 0 Å². The minimum atomic E-state index is -0.224. The largest absolute Gasteiger partial charge is 0.396 e. The molecule has 19 heavy (non-hydrogen) atoms. The summed E-state index contributed by atoms with van der Waals surface area (Å²) >= 11 is 11.8. The molecule has 2 atom stereocenters. The number of piperidine rings is 1. The second-order valence-corrected chi connectivity index (χ2v) is 5.69. The molecule has 104 valence electrons. The number of halogens is 2. The zero-order valence-electron chi connectivity index (χ0n) is 10.6. The molecule has 0 bridgehead atoms. The summed E-state index contributed by atoms with van der Waals surface area (Å²) in [6, 6.07) is 3.24. The van der Waals surface area contributed by atoms with E-state index in [1.165, 1.54) is 0 Å². The van der Waals surface area contributed by atoms with Gasteiger partial charge in [0.05, 0.1) is 5.02 Å². The molecule has 1 amide bonds. The summed E-state index contributed by atoms with van der Waals surface area (Å²) in [5.41, 5.74) is 0.180. The Labute approximate surface area is 122 Å². The summed E-state index contributed by atoms with van der Waals surface area (Å²) < 4.78 is 0. The summed E-state index contributed by atoms with van der Waals surface area (Å²) in [5.74, 6) is -0.101. The lowest BCUT2D eigenvalue weighted by atomic mass is 9.94. The van der Waals surface area contributed by atoms with Crippen LogP contribution in [0.2, 0.25) is 10.2 Å². The van der Waals surface area contributed by atoms with Gasteiger partial charge in [-0.1, -0.05) is 23.2 Å². The Morgan fingerprint density at radius 2 is 2.21 bits per heavy atom. The van der Waals surface area contributed by atoms with E-state index in [0.717, 1.165) is 12.8 Å². The monoisotopic (exact) mass is 302 g/mol. The summed E-state index contributed by atoms with van der Waals surface area (Å²) in [4.78, 5) is 18.2. The standard InChI is InChI=1S/C13H16Cl2N2O2/c1-8-2-3-9(7-18)6-17(8)13(19)12-10(14)4-5-11(15)16-12/h4-5,8-9,18H,2-3,6-7H2,1H3. The number of carbonyl (C=O) groups excluding carboxylic acids is 1. The predicted molar refractivity (Wildman–Crippen MR) is 74.6 cm³/mol. The van der Waals surface area contributed by atoms with E-state index in [1.807, 2.05) is 6.92 Å². The van der Waals surface area contributed by atoms with Gasteiger partial charge < -0.3 is 10.0 Å². The Morgan fingerprint density at radius 1 is 1.47 bits per heavy atom. The minimum Gasteiger partial charge on any atom is -0.396 e. The number of hydrogen-bond donors (Lipinski definition) is 1. The second kappa shape index (κ2) is 6.07. The predicted octanol–water partition coefficient (Wildman–Crippen LogP) is 2.62. The van der Waals surface area contributed by atoms with E-state index in [2.05, 4.69) is 4.98 Å². The number of amides is 1. The van der Waals surface area contributed by atoms with Crippen molar-refractivity contribution in [3.05, 3.63) is 28.0 Å². The van der Waals surface area contributed by atoms with Gasteiger partial charge in [0.2, 0.25) is 0 Å². The molecule has 1 fully saturated rings. The second-order valence-electron chi connectivity index (χ2n) is 4.90. The Bertz CT molecular complexity index is 482. The number of likely N-dealkylation sites (tertiary alicyclic amines) is 1. The molecule has 1 saturated heterocycles. The van der Waals surface area contributed by atoms with Crippen LogP contribution in [0.1, 0.15) is 30.3 Å². The van der Waals surface area contributed by atoms with Crippen molar-refractivity contribution in [2.75, 3.05) is 13.2 Å². The van der Waals surface area contributed by atoms with Gasteiger partial charge in [0.1, 0.15) is 10.8 Å². The third kappa shape index (κ3) is 3.19. The Hall–Kier alpha value is -0.840. The van der Waals surface area contributed by atoms with E-state index in [0.29, 0.717) is 11.6 Å². The van der Waals surface area contributed by atoms with Crippen molar-refractivity contribution < 1.29 is 9.90 Å². The van der Waals surface area contributed by atoms with Crippen molar-refractivity contribution in [2.45, 2.75) is 25.8 Å². The number of aliphatic hydroxyl groups excluding tert-OH is 1. The van der Waals surface area contributed by atoms with Crippen molar-refractivity contribution in [1.82, 2.24) is 9.88 Å². The molecule has 6 heteroatoms. The molecule has 0 spiro atoms. The molecule has 2 heterocycles. The van der Waals surface area contributed by atoms with E-state index in [-0.39, 0.29) is 35.3 Å². The third-order valence-corrected chi connectivity index (χ3v) is 4.03. The fraction of sp³-hybridized carbons (Fsp3) is 0.538. The van der Waals surface area contributed by atoms with Crippen LogP contribution in [0.3, 0.4) is 0 Å². The SMILES string of the molecule is CC1CCC(CO)CN1C(=O)c1nc(Cl)ccc1Cl. The molecule has 0 saturated carbocycles. The summed E-state index contributed by atoms with van der Waals surface area (Å²) in [6.45, 7) is 2.61. The molecule has 2 unspecified atom stereocenters. The van der Waals surface area contributed by atoms with Crippen LogP contribution in [-0.4, -0.2) is 40.1 Å². The van der Waals surface area contributed by atoms with Gasteiger partial charge in [0.25, 0.3) is 5.91 Å². The summed E-state index contributed by atoms with van der Waals surface area (Å²) in [6.07, 6.45) is 1.80. The van der Waals surface area contributed by atoms with E-state index in [9.17, 15) is 9.90 Å². The number of aromatic nitrogens is 1. The summed E-state index contributed by atoms with van der Waals surface area (Å²) in [7, 11) is 0. The average Bonchev–Trinajstić information content (AvgIpc) is 2.41. The van der Waals surface area contributed by atoms with Gasteiger partial charge in [-0.3, -0.25) is 4.79 Å². The van der Waals surface area contributed by atoms with Gasteiger partial charge in [-0.25, -0.2) is 4.98 Å². The number of rotatable bonds is 2. The minimum absolute atomic E-state index is 0.0905. The normalized spacial score (nSPS) is 23.5. The molecule has 0 aliphatic carbocycles. The van der Waals surface area contributed by atoms with Gasteiger partial charge in [-0.2, -0.15) is 0 Å². The quantitative estimate of drug-likeness (QED) is 0.855. The molecule has 1 aliphatic rings. The lowest BCUT2D eigenvalue weighted by Crippen LogP contribution is -2.46. The van der Waals surface area contributed by atoms with Crippen LogP contribution in [0.5, 0.6) is 0 Å². The third-order valence-electron chi connectivity index (χ3n) is 3.51. The Kier molecular flexibility index (Phi) is 4.66. The van der Waals surface area contributed by atoms with Gasteiger partial charge in [-0.05, 0) is 37.8 Å². The number of nitrogens with zero attached hydrogens (tertiary/aromatic N) is 2. The Morgan fingerprint density at radius 3 is 2.89 bits per heavy atom. The van der Waals surface area contributed by atoms with Crippen molar-refractivity contribution in [3.63, 3.8) is 0 Å². The molecule has 1 N–H and O–H groups in total. The highest BCUT2D eigenvalue weighted by Crippen LogP contribution is 2.25. The maximum absolute atomic E-state index is 12.5. The first-order chi connectivity index (χ1) is 9.02. The fourth-order valence-electron chi connectivity index (χ4n) is 2.32. The van der Waals surface area contributed by atoms with Gasteiger partial charge in [0, 0.05) is 19.2 Å². The first kappa shape index (κ1) is 14.6. The molecule has 0 radical (unpaired) electrons. The first-order valence-corrected chi connectivity index (χ1v) is 7.02. The molecule has 1 aliphatic heterocycles. The van der Waals surface area contributed by atoms with Gasteiger partial charge >= 0.3 is 0 Å². The number of carbonyl (C=O) groups is 1. The zero-order chi connectivity index (χ0) is 14.0. The van der Waals surface area contributed by atoms with Crippen LogP contribution in [-0.2, 0) is 0 Å². The van der Waals surface area contributed by atoms with Crippen LogP contribution in [0.25, 0.3) is 0 Å². The Balaban J connectivity index is 2.24. The first-order valence-electron chi connectivity index (χ1n) is 6.26. The molecule has 2 rings (SSSR count). The number of hydrogen-bond acceptors (Lipinski definition) is 3. The fourth-order valence-corrected chi connectivity index (χ4v) is 2.65. The van der Waals surface area contributed by atoms with E-state index in [1.54, 1.807) is 17.0 Å². The zero-order valence-corrected chi connectivity index (χ0v) is 12.2. The molecular formula is C13H16Cl2N2O2. The number of pyridine rings is 1. The maximum Gasteiger partial charge on any atom is 0.274 e. The molecule has 1 aromatic rings.